The smallest absolute Gasteiger partial charge is 0.218 e. The Morgan fingerprint density at radius 1 is 1.41 bits per heavy atom. The van der Waals surface area contributed by atoms with Crippen LogP contribution in [0, 0.1) is 0 Å². The number of thiocarbonyl (C=S) groups is 1. The van der Waals surface area contributed by atoms with Crippen molar-refractivity contribution in [1.82, 2.24) is 4.98 Å². The molecule has 2 aromatic rings. The van der Waals surface area contributed by atoms with Crippen molar-refractivity contribution in [3.8, 4) is 0 Å². The van der Waals surface area contributed by atoms with E-state index in [1.807, 2.05) is 24.3 Å². The summed E-state index contributed by atoms with van der Waals surface area (Å²) in [6.07, 6.45) is 0.106. The fourth-order valence-electron chi connectivity index (χ4n) is 1.55. The van der Waals surface area contributed by atoms with E-state index in [-0.39, 0.29) is 17.3 Å². The predicted octanol–water partition coefficient (Wildman–Crippen LogP) is 1.54. The highest BCUT2D eigenvalue weighted by Crippen LogP contribution is 2.29. The van der Waals surface area contributed by atoms with Gasteiger partial charge in [-0.3, -0.25) is 4.79 Å². The van der Waals surface area contributed by atoms with Gasteiger partial charge in [0, 0.05) is 6.42 Å². The van der Waals surface area contributed by atoms with Gasteiger partial charge < -0.3 is 11.5 Å². The molecule has 0 aliphatic rings. The van der Waals surface area contributed by atoms with Gasteiger partial charge in [-0.05, 0) is 12.1 Å². The van der Waals surface area contributed by atoms with Gasteiger partial charge in [-0.15, -0.1) is 11.3 Å². The first-order chi connectivity index (χ1) is 8.08. The Hall–Kier alpha value is -1.53. The van der Waals surface area contributed by atoms with Crippen LogP contribution in [-0.2, 0) is 4.79 Å². The van der Waals surface area contributed by atoms with Gasteiger partial charge in [-0.1, -0.05) is 24.4 Å². The minimum atomic E-state index is -0.429. The number of carbonyl (C=O) groups excluding carboxylic acids is 1. The number of hydrogen-bond donors (Lipinski definition) is 2. The molecule has 1 heterocycles. The van der Waals surface area contributed by atoms with Crippen molar-refractivity contribution >= 4 is 44.7 Å². The van der Waals surface area contributed by atoms with Crippen LogP contribution in [0.2, 0.25) is 0 Å². The summed E-state index contributed by atoms with van der Waals surface area (Å²) in [5.41, 5.74) is 11.7. The SMILES string of the molecule is NC(=O)CC(C(N)=S)c1nc2ccccc2s1. The van der Waals surface area contributed by atoms with Crippen molar-refractivity contribution < 1.29 is 4.79 Å². The van der Waals surface area contributed by atoms with Crippen LogP contribution in [0.4, 0.5) is 0 Å². The Balaban J connectivity index is 2.41. The molecular weight excluding hydrogens is 254 g/mol. The maximum atomic E-state index is 11.0. The minimum Gasteiger partial charge on any atom is -0.393 e. The molecule has 88 valence electrons. The third-order valence-electron chi connectivity index (χ3n) is 2.36. The second kappa shape index (κ2) is 4.77. The minimum absolute atomic E-state index is 0.106. The lowest BCUT2D eigenvalue weighted by Crippen LogP contribution is -2.25. The highest BCUT2D eigenvalue weighted by Gasteiger charge is 2.21. The third kappa shape index (κ3) is 2.59. The number of rotatable bonds is 4. The highest BCUT2D eigenvalue weighted by atomic mass is 32.1. The largest absolute Gasteiger partial charge is 0.393 e. The lowest BCUT2D eigenvalue weighted by atomic mass is 10.1. The fourth-order valence-corrected chi connectivity index (χ4v) is 2.91. The number of primary amides is 1. The molecule has 0 aliphatic heterocycles. The standard InChI is InChI=1S/C11H11N3OS2/c12-9(15)5-6(10(13)16)11-14-7-3-1-2-4-8(7)17-11/h1-4,6H,5H2,(H2,12,15)(H2,13,16). The molecule has 0 fully saturated rings. The molecule has 17 heavy (non-hydrogen) atoms. The molecule has 0 radical (unpaired) electrons. The molecule has 0 bridgehead atoms. The molecule has 2 rings (SSSR count). The zero-order valence-electron chi connectivity index (χ0n) is 8.92. The molecule has 4 nitrogen and oxygen atoms in total. The number of carbonyl (C=O) groups is 1. The second-order valence-corrected chi connectivity index (χ2v) is 5.18. The van der Waals surface area contributed by atoms with E-state index in [2.05, 4.69) is 4.98 Å². The van der Waals surface area contributed by atoms with Crippen LogP contribution in [0.25, 0.3) is 10.2 Å². The van der Waals surface area contributed by atoms with Gasteiger partial charge >= 0.3 is 0 Å². The summed E-state index contributed by atoms with van der Waals surface area (Å²) in [4.78, 5) is 15.7. The van der Waals surface area contributed by atoms with Crippen molar-refractivity contribution in [2.45, 2.75) is 12.3 Å². The topological polar surface area (TPSA) is 82.0 Å². The van der Waals surface area contributed by atoms with Crippen molar-refractivity contribution in [3.05, 3.63) is 29.3 Å². The Morgan fingerprint density at radius 3 is 2.71 bits per heavy atom. The summed E-state index contributed by atoms with van der Waals surface area (Å²) in [7, 11) is 0. The Morgan fingerprint density at radius 2 is 2.12 bits per heavy atom. The first-order valence-corrected chi connectivity index (χ1v) is 6.23. The third-order valence-corrected chi connectivity index (χ3v) is 3.79. The zero-order valence-corrected chi connectivity index (χ0v) is 10.6. The van der Waals surface area contributed by atoms with Gasteiger partial charge in [0.15, 0.2) is 0 Å². The van der Waals surface area contributed by atoms with E-state index in [4.69, 9.17) is 23.7 Å². The first kappa shape index (κ1) is 11.9. The number of aromatic nitrogens is 1. The predicted molar refractivity (Wildman–Crippen MR) is 73.0 cm³/mol. The molecule has 0 saturated heterocycles. The van der Waals surface area contributed by atoms with Crippen LogP contribution in [0.5, 0.6) is 0 Å². The molecule has 0 saturated carbocycles. The van der Waals surface area contributed by atoms with Crippen LogP contribution < -0.4 is 11.5 Å². The van der Waals surface area contributed by atoms with Gasteiger partial charge in [0.2, 0.25) is 5.91 Å². The van der Waals surface area contributed by atoms with E-state index in [9.17, 15) is 4.79 Å². The van der Waals surface area contributed by atoms with Crippen LogP contribution in [0.1, 0.15) is 17.3 Å². The summed E-state index contributed by atoms with van der Waals surface area (Å²) in [5, 5.41) is 0.748. The van der Waals surface area contributed by atoms with E-state index >= 15 is 0 Å². The van der Waals surface area contributed by atoms with Gasteiger partial charge in [-0.25, -0.2) is 4.98 Å². The lowest BCUT2D eigenvalue weighted by molar-refractivity contribution is -0.118. The Bertz CT molecular complexity index is 546. The van der Waals surface area contributed by atoms with E-state index in [0.717, 1.165) is 15.2 Å². The summed E-state index contributed by atoms with van der Waals surface area (Å²) in [5.74, 6) is -0.790. The number of nitrogens with zero attached hydrogens (tertiary/aromatic N) is 1. The molecule has 0 aliphatic carbocycles. The molecule has 6 heteroatoms. The molecular formula is C11H11N3OS2. The molecule has 1 aromatic heterocycles. The van der Waals surface area contributed by atoms with Crippen molar-refractivity contribution in [3.63, 3.8) is 0 Å². The van der Waals surface area contributed by atoms with E-state index in [1.165, 1.54) is 11.3 Å². The lowest BCUT2D eigenvalue weighted by Gasteiger charge is -2.09. The van der Waals surface area contributed by atoms with Crippen LogP contribution in [-0.4, -0.2) is 15.9 Å². The van der Waals surface area contributed by atoms with Gasteiger partial charge in [0.1, 0.15) is 5.01 Å². The number of amides is 1. The fraction of sp³-hybridized carbons (Fsp3) is 0.182. The van der Waals surface area contributed by atoms with Gasteiger partial charge in [-0.2, -0.15) is 0 Å². The van der Waals surface area contributed by atoms with E-state index in [0.29, 0.717) is 0 Å². The summed E-state index contributed by atoms with van der Waals surface area (Å²) < 4.78 is 1.05. The highest BCUT2D eigenvalue weighted by molar-refractivity contribution is 7.80. The normalized spacial score (nSPS) is 12.5. The summed E-state index contributed by atoms with van der Waals surface area (Å²) >= 11 is 6.45. The molecule has 4 N–H and O–H groups in total. The maximum Gasteiger partial charge on any atom is 0.218 e. The average Bonchev–Trinajstić information content (AvgIpc) is 2.68. The zero-order chi connectivity index (χ0) is 12.4. The molecule has 1 amide bonds. The Kier molecular flexibility index (Phi) is 3.35. The summed E-state index contributed by atoms with van der Waals surface area (Å²) in [6, 6.07) is 7.73. The van der Waals surface area contributed by atoms with Crippen molar-refractivity contribution in [2.75, 3.05) is 0 Å². The van der Waals surface area contributed by atoms with Crippen molar-refractivity contribution in [2.24, 2.45) is 11.5 Å². The van der Waals surface area contributed by atoms with E-state index in [1.54, 1.807) is 0 Å². The quantitative estimate of drug-likeness (QED) is 0.822. The number of para-hydroxylation sites is 1. The second-order valence-electron chi connectivity index (χ2n) is 3.65. The van der Waals surface area contributed by atoms with Crippen molar-refractivity contribution in [1.29, 1.82) is 0 Å². The maximum absolute atomic E-state index is 11.0. The van der Waals surface area contributed by atoms with E-state index < -0.39 is 5.91 Å². The van der Waals surface area contributed by atoms with Crippen LogP contribution >= 0.6 is 23.6 Å². The molecule has 1 unspecified atom stereocenters. The number of hydrogen-bond acceptors (Lipinski definition) is 4. The molecule has 1 atom stereocenters. The van der Waals surface area contributed by atoms with Gasteiger partial charge in [0.25, 0.3) is 0 Å². The Labute approximate surface area is 108 Å². The van der Waals surface area contributed by atoms with Gasteiger partial charge in [0.05, 0.1) is 21.1 Å². The first-order valence-electron chi connectivity index (χ1n) is 5.01. The number of benzene rings is 1. The molecule has 0 spiro atoms. The summed E-state index contributed by atoms with van der Waals surface area (Å²) in [6.45, 7) is 0. The number of thiazole rings is 1. The van der Waals surface area contributed by atoms with Crippen LogP contribution in [0.15, 0.2) is 24.3 Å². The number of nitrogens with two attached hydrogens (primary N) is 2. The monoisotopic (exact) mass is 265 g/mol. The number of fused-ring (bicyclic) bond motifs is 1. The molecule has 1 aromatic carbocycles. The average molecular weight is 265 g/mol. The van der Waals surface area contributed by atoms with Crippen LogP contribution in [0.3, 0.4) is 0 Å².